The molecule has 1 aliphatic heterocycles. The molecule has 10 heteroatoms. The van der Waals surface area contributed by atoms with Crippen molar-refractivity contribution in [3.05, 3.63) is 65.0 Å². The third-order valence-corrected chi connectivity index (χ3v) is 6.99. The molecule has 10 nitrogen and oxygen atoms in total. The van der Waals surface area contributed by atoms with Crippen LogP contribution < -0.4 is 0 Å². The van der Waals surface area contributed by atoms with Crippen molar-refractivity contribution in [3.8, 4) is 11.3 Å². The second-order valence-corrected chi connectivity index (χ2v) is 11.7. The lowest BCUT2D eigenvalue weighted by Gasteiger charge is -2.46. The second-order valence-electron chi connectivity index (χ2n) is 11.7. The van der Waals surface area contributed by atoms with E-state index in [1.807, 2.05) is 26.0 Å². The Morgan fingerprint density at radius 1 is 1.03 bits per heavy atom. The van der Waals surface area contributed by atoms with Crippen LogP contribution in [0.15, 0.2) is 36.5 Å². The number of carbonyl (C=O) groups excluding carboxylic acids is 2. The highest BCUT2D eigenvalue weighted by atomic mass is 16.2. The molecule has 1 saturated heterocycles. The van der Waals surface area contributed by atoms with Gasteiger partial charge in [-0.05, 0) is 45.2 Å². The SMILES string of the molecule is Cc1cccc(-c2cc(C(C)(C)C)c3nc(C(=O)N4CCN(C(=O)c5n[nH]c(C)n5)CC4(C)C)cn3n2)c1. The van der Waals surface area contributed by atoms with Gasteiger partial charge in [0.1, 0.15) is 11.5 Å². The number of H-pyrrole nitrogens is 1. The van der Waals surface area contributed by atoms with Crippen LogP contribution in [0.4, 0.5) is 0 Å². The summed E-state index contributed by atoms with van der Waals surface area (Å²) >= 11 is 0. The number of carbonyl (C=O) groups is 2. The van der Waals surface area contributed by atoms with Gasteiger partial charge in [0.05, 0.1) is 17.4 Å². The molecule has 0 saturated carbocycles. The average molecular weight is 515 g/mol. The fraction of sp³-hybridized carbons (Fsp3) is 0.429. The molecule has 1 N–H and O–H groups in total. The van der Waals surface area contributed by atoms with Gasteiger partial charge in [-0.25, -0.2) is 14.5 Å². The lowest BCUT2D eigenvalue weighted by atomic mass is 9.87. The van der Waals surface area contributed by atoms with Crippen molar-refractivity contribution >= 4 is 17.5 Å². The minimum absolute atomic E-state index is 0.142. The van der Waals surface area contributed by atoms with Crippen molar-refractivity contribution in [1.82, 2.24) is 39.6 Å². The van der Waals surface area contributed by atoms with Crippen molar-refractivity contribution in [2.45, 2.75) is 59.4 Å². The van der Waals surface area contributed by atoms with E-state index in [1.54, 1.807) is 27.4 Å². The number of nitrogens with one attached hydrogen (secondary N) is 1. The van der Waals surface area contributed by atoms with Crippen molar-refractivity contribution in [3.63, 3.8) is 0 Å². The minimum Gasteiger partial charge on any atom is -0.332 e. The molecule has 1 aliphatic rings. The average Bonchev–Trinajstić information content (AvgIpc) is 3.47. The summed E-state index contributed by atoms with van der Waals surface area (Å²) in [6.45, 7) is 15.2. The Kier molecular flexibility index (Phi) is 6.08. The third-order valence-electron chi connectivity index (χ3n) is 6.99. The van der Waals surface area contributed by atoms with Gasteiger partial charge in [0.25, 0.3) is 11.8 Å². The molecule has 0 spiro atoms. The third kappa shape index (κ3) is 4.66. The first-order valence-electron chi connectivity index (χ1n) is 12.8. The van der Waals surface area contributed by atoms with Crippen LogP contribution in [0.3, 0.4) is 0 Å². The zero-order valence-corrected chi connectivity index (χ0v) is 23.0. The number of imidazole rings is 1. The highest BCUT2D eigenvalue weighted by Crippen LogP contribution is 2.31. The lowest BCUT2D eigenvalue weighted by molar-refractivity contribution is 0.0160. The predicted molar refractivity (Wildman–Crippen MR) is 144 cm³/mol. The Balaban J connectivity index is 1.46. The first kappa shape index (κ1) is 25.6. The number of hydrogen-bond acceptors (Lipinski definition) is 6. The number of benzene rings is 1. The van der Waals surface area contributed by atoms with Crippen molar-refractivity contribution in [1.29, 1.82) is 0 Å². The zero-order chi connectivity index (χ0) is 27.4. The van der Waals surface area contributed by atoms with Gasteiger partial charge in [-0.3, -0.25) is 14.7 Å². The first-order chi connectivity index (χ1) is 17.8. The van der Waals surface area contributed by atoms with Crippen molar-refractivity contribution in [2.24, 2.45) is 0 Å². The Morgan fingerprint density at radius 2 is 1.79 bits per heavy atom. The van der Waals surface area contributed by atoms with Gasteiger partial charge in [0.15, 0.2) is 5.65 Å². The number of aromatic nitrogens is 6. The van der Waals surface area contributed by atoms with Crippen LogP contribution in [-0.4, -0.2) is 76.6 Å². The second kappa shape index (κ2) is 9.04. The van der Waals surface area contributed by atoms with E-state index >= 15 is 0 Å². The molecule has 3 aromatic heterocycles. The number of fused-ring (bicyclic) bond motifs is 1. The standard InChI is InChI=1S/C28H34N8O2/c1-17-9-8-10-19(13-17)21-14-20(27(3,4)5)24-30-22(15-36(24)33-21)25(37)35-12-11-34(16-28(35,6)7)26(38)23-29-18(2)31-32-23/h8-10,13-15H,11-12,16H2,1-7H3,(H,29,31,32). The highest BCUT2D eigenvalue weighted by molar-refractivity contribution is 5.94. The minimum atomic E-state index is -0.612. The largest absolute Gasteiger partial charge is 0.332 e. The molecule has 4 heterocycles. The Labute approximate surface area is 222 Å². The number of amides is 2. The summed E-state index contributed by atoms with van der Waals surface area (Å²) in [5.41, 5.74) is 4.20. The van der Waals surface area contributed by atoms with Crippen LogP contribution in [0, 0.1) is 13.8 Å². The summed E-state index contributed by atoms with van der Waals surface area (Å²) in [7, 11) is 0. The van der Waals surface area contributed by atoms with Crippen LogP contribution in [0.25, 0.3) is 16.9 Å². The van der Waals surface area contributed by atoms with Crippen molar-refractivity contribution in [2.75, 3.05) is 19.6 Å². The fourth-order valence-electron chi connectivity index (χ4n) is 5.00. The van der Waals surface area contributed by atoms with E-state index in [-0.39, 0.29) is 23.1 Å². The number of nitrogens with zero attached hydrogens (tertiary/aromatic N) is 7. The summed E-state index contributed by atoms with van der Waals surface area (Å²) in [4.78, 5) is 39.1. The topological polar surface area (TPSA) is 112 Å². The maximum absolute atomic E-state index is 13.8. The molecule has 0 atom stereocenters. The maximum atomic E-state index is 13.8. The molecule has 0 radical (unpaired) electrons. The molecule has 5 rings (SSSR count). The molecule has 2 amide bonds. The zero-order valence-electron chi connectivity index (χ0n) is 23.0. The van der Waals surface area contributed by atoms with E-state index in [0.717, 1.165) is 22.4 Å². The summed E-state index contributed by atoms with van der Waals surface area (Å²) < 4.78 is 1.73. The molecule has 0 unspecified atom stereocenters. The Morgan fingerprint density at radius 3 is 2.42 bits per heavy atom. The predicted octanol–water partition coefficient (Wildman–Crippen LogP) is 3.81. The summed E-state index contributed by atoms with van der Waals surface area (Å²) in [5, 5.41) is 11.5. The van der Waals surface area contributed by atoms with E-state index in [0.29, 0.717) is 36.8 Å². The summed E-state index contributed by atoms with van der Waals surface area (Å²) in [5.74, 6) is 0.300. The molecule has 198 valence electrons. The molecule has 1 aromatic carbocycles. The summed E-state index contributed by atoms with van der Waals surface area (Å²) in [6, 6.07) is 10.3. The lowest BCUT2D eigenvalue weighted by Crippen LogP contribution is -2.62. The molecule has 1 fully saturated rings. The van der Waals surface area contributed by atoms with Gasteiger partial charge in [-0.15, -0.1) is 5.10 Å². The quantitative estimate of drug-likeness (QED) is 0.445. The van der Waals surface area contributed by atoms with Crippen LogP contribution in [0.1, 0.15) is 72.7 Å². The monoisotopic (exact) mass is 514 g/mol. The van der Waals surface area contributed by atoms with E-state index in [4.69, 9.17) is 10.1 Å². The van der Waals surface area contributed by atoms with Gasteiger partial charge in [0, 0.05) is 30.8 Å². The maximum Gasteiger partial charge on any atom is 0.293 e. The van der Waals surface area contributed by atoms with Crippen LogP contribution >= 0.6 is 0 Å². The van der Waals surface area contributed by atoms with E-state index in [9.17, 15) is 9.59 Å². The molecular formula is C28H34N8O2. The van der Waals surface area contributed by atoms with Gasteiger partial charge < -0.3 is 9.80 Å². The van der Waals surface area contributed by atoms with E-state index in [2.05, 4.69) is 61.1 Å². The van der Waals surface area contributed by atoms with Crippen LogP contribution in [0.2, 0.25) is 0 Å². The van der Waals surface area contributed by atoms with Crippen LogP contribution in [0.5, 0.6) is 0 Å². The molecular weight excluding hydrogens is 480 g/mol. The van der Waals surface area contributed by atoms with Gasteiger partial charge in [0.2, 0.25) is 5.82 Å². The molecule has 0 bridgehead atoms. The number of aryl methyl sites for hydroxylation is 2. The van der Waals surface area contributed by atoms with Crippen LogP contribution in [-0.2, 0) is 5.41 Å². The molecule has 38 heavy (non-hydrogen) atoms. The Bertz CT molecular complexity index is 1540. The smallest absolute Gasteiger partial charge is 0.293 e. The highest BCUT2D eigenvalue weighted by Gasteiger charge is 2.40. The normalized spacial score (nSPS) is 15.8. The molecule has 0 aliphatic carbocycles. The first-order valence-corrected chi connectivity index (χ1v) is 12.8. The number of piperazine rings is 1. The molecule has 4 aromatic rings. The van der Waals surface area contributed by atoms with E-state index in [1.165, 1.54) is 0 Å². The number of aromatic amines is 1. The van der Waals surface area contributed by atoms with Gasteiger partial charge >= 0.3 is 0 Å². The van der Waals surface area contributed by atoms with E-state index < -0.39 is 5.54 Å². The van der Waals surface area contributed by atoms with Gasteiger partial charge in [-0.1, -0.05) is 44.5 Å². The Hall–Kier alpha value is -4.08. The summed E-state index contributed by atoms with van der Waals surface area (Å²) in [6.07, 6.45) is 1.72. The number of hydrogen-bond donors (Lipinski definition) is 1. The fourth-order valence-corrected chi connectivity index (χ4v) is 5.00. The van der Waals surface area contributed by atoms with Crippen molar-refractivity contribution < 1.29 is 9.59 Å². The number of rotatable bonds is 3. The van der Waals surface area contributed by atoms with Gasteiger partial charge in [-0.2, -0.15) is 5.10 Å².